The van der Waals surface area contributed by atoms with Crippen molar-refractivity contribution in [2.45, 2.75) is 52.3 Å². The average molecular weight is 445 g/mol. The van der Waals surface area contributed by atoms with Crippen LogP contribution in [-0.4, -0.2) is 16.1 Å². The van der Waals surface area contributed by atoms with E-state index in [2.05, 4.69) is 20.6 Å². The second-order valence-electron chi connectivity index (χ2n) is 7.84. The molecule has 170 valence electrons. The maximum absolute atomic E-state index is 13.5. The molecule has 5 nitrogen and oxygen atoms in total. The zero-order chi connectivity index (χ0) is 23.3. The van der Waals surface area contributed by atoms with Crippen molar-refractivity contribution in [2.75, 3.05) is 10.6 Å². The Balaban J connectivity index is 1.85. The molecule has 8 heteroatoms. The highest BCUT2D eigenvalue weighted by atomic mass is 19.4. The van der Waals surface area contributed by atoms with Gasteiger partial charge in [-0.2, -0.15) is 18.2 Å². The van der Waals surface area contributed by atoms with Crippen LogP contribution in [0.2, 0.25) is 0 Å². The second kappa shape index (κ2) is 9.89. The third-order valence-corrected chi connectivity index (χ3v) is 4.93. The molecule has 2 N–H and O–H groups in total. The van der Waals surface area contributed by atoms with Gasteiger partial charge < -0.3 is 15.4 Å². The van der Waals surface area contributed by atoms with Crippen LogP contribution in [0.15, 0.2) is 54.7 Å². The van der Waals surface area contributed by atoms with Crippen LogP contribution in [0.5, 0.6) is 5.75 Å². The van der Waals surface area contributed by atoms with Crippen molar-refractivity contribution in [3.63, 3.8) is 0 Å². The Morgan fingerprint density at radius 2 is 1.69 bits per heavy atom. The minimum absolute atomic E-state index is 0.0520. The molecule has 3 aromatic rings. The van der Waals surface area contributed by atoms with Gasteiger partial charge in [0.1, 0.15) is 17.1 Å². The summed E-state index contributed by atoms with van der Waals surface area (Å²) in [6.45, 7) is 8.05. The van der Waals surface area contributed by atoms with Crippen LogP contribution >= 0.6 is 0 Å². The van der Waals surface area contributed by atoms with Gasteiger partial charge in [-0.3, -0.25) is 0 Å². The Bertz CT molecular complexity index is 1040. The molecule has 0 bridgehead atoms. The molecule has 0 spiro atoms. The van der Waals surface area contributed by atoms with Gasteiger partial charge in [0.15, 0.2) is 0 Å². The molecular weight excluding hydrogens is 417 g/mol. The smallest absolute Gasteiger partial charge is 0.421 e. The Hall–Kier alpha value is -3.29. The topological polar surface area (TPSA) is 59.1 Å². The van der Waals surface area contributed by atoms with Gasteiger partial charge in [-0.05, 0) is 61.2 Å². The summed E-state index contributed by atoms with van der Waals surface area (Å²) < 4.78 is 46.4. The lowest BCUT2D eigenvalue weighted by molar-refractivity contribution is -0.137. The van der Waals surface area contributed by atoms with Gasteiger partial charge in [-0.15, -0.1) is 0 Å². The minimum Gasteiger partial charge on any atom is -0.491 e. The van der Waals surface area contributed by atoms with Crippen molar-refractivity contribution >= 4 is 23.1 Å². The van der Waals surface area contributed by atoms with Crippen LogP contribution in [0.3, 0.4) is 0 Å². The standard InChI is InChI=1S/C24H27F3N4O/c1-5-16(4)32-20-11-9-18(10-12-20)30-23-28-14-21(24(25,26)27)22(31-23)29-19-8-6-7-17(13-19)15(2)3/h6-16H,5H2,1-4H3,(H2,28,29,30,31). The van der Waals surface area contributed by atoms with Gasteiger partial charge in [0.05, 0.1) is 6.10 Å². The molecule has 0 aliphatic heterocycles. The molecule has 0 aliphatic carbocycles. The molecule has 1 unspecified atom stereocenters. The normalized spacial score (nSPS) is 12.5. The summed E-state index contributed by atoms with van der Waals surface area (Å²) in [5.74, 6) is 0.697. The highest BCUT2D eigenvalue weighted by Gasteiger charge is 2.35. The number of halogens is 3. The first-order valence-corrected chi connectivity index (χ1v) is 10.5. The quantitative estimate of drug-likeness (QED) is 0.382. The van der Waals surface area contributed by atoms with Crippen molar-refractivity contribution in [3.8, 4) is 5.75 Å². The summed E-state index contributed by atoms with van der Waals surface area (Å²) in [4.78, 5) is 7.96. The number of nitrogens with zero attached hydrogens (tertiary/aromatic N) is 2. The number of ether oxygens (including phenoxy) is 1. The molecule has 2 aromatic carbocycles. The molecule has 0 saturated carbocycles. The summed E-state index contributed by atoms with van der Waals surface area (Å²) in [5, 5.41) is 5.75. The lowest BCUT2D eigenvalue weighted by Gasteiger charge is -2.16. The number of anilines is 4. The predicted molar refractivity (Wildman–Crippen MR) is 121 cm³/mol. The van der Waals surface area contributed by atoms with Crippen LogP contribution in [-0.2, 0) is 6.18 Å². The van der Waals surface area contributed by atoms with Crippen molar-refractivity contribution in [1.82, 2.24) is 9.97 Å². The maximum atomic E-state index is 13.5. The lowest BCUT2D eigenvalue weighted by Crippen LogP contribution is -2.12. The van der Waals surface area contributed by atoms with E-state index in [1.54, 1.807) is 36.4 Å². The number of hydrogen-bond acceptors (Lipinski definition) is 5. The third kappa shape index (κ3) is 6.12. The lowest BCUT2D eigenvalue weighted by atomic mass is 10.0. The van der Waals surface area contributed by atoms with Crippen LogP contribution in [0, 0.1) is 0 Å². The predicted octanol–water partition coefficient (Wildman–Crippen LogP) is 7.28. The number of aromatic nitrogens is 2. The Morgan fingerprint density at radius 1 is 0.969 bits per heavy atom. The first-order chi connectivity index (χ1) is 15.2. The van der Waals surface area contributed by atoms with Gasteiger partial charge in [0, 0.05) is 17.6 Å². The molecule has 1 atom stereocenters. The zero-order valence-corrected chi connectivity index (χ0v) is 18.5. The molecule has 3 rings (SSSR count). The minimum atomic E-state index is -4.59. The zero-order valence-electron chi connectivity index (χ0n) is 18.5. The fraction of sp³-hybridized carbons (Fsp3) is 0.333. The highest BCUT2D eigenvalue weighted by molar-refractivity contribution is 5.63. The molecule has 1 aromatic heterocycles. The Morgan fingerprint density at radius 3 is 2.31 bits per heavy atom. The van der Waals surface area contributed by atoms with E-state index in [0.717, 1.165) is 18.2 Å². The monoisotopic (exact) mass is 444 g/mol. The molecular formula is C24H27F3N4O. The highest BCUT2D eigenvalue weighted by Crippen LogP contribution is 2.35. The summed E-state index contributed by atoms with van der Waals surface area (Å²) in [5.41, 5.74) is 1.23. The maximum Gasteiger partial charge on any atom is 0.421 e. The van der Waals surface area contributed by atoms with Gasteiger partial charge in [0.2, 0.25) is 5.95 Å². The van der Waals surface area contributed by atoms with Crippen molar-refractivity contribution in [3.05, 3.63) is 65.9 Å². The van der Waals surface area contributed by atoms with E-state index in [9.17, 15) is 13.2 Å². The number of alkyl halides is 3. The fourth-order valence-corrected chi connectivity index (χ4v) is 2.92. The van der Waals surface area contributed by atoms with Gasteiger partial charge in [-0.1, -0.05) is 32.9 Å². The van der Waals surface area contributed by atoms with Crippen molar-refractivity contribution in [1.29, 1.82) is 0 Å². The largest absolute Gasteiger partial charge is 0.491 e. The van der Waals surface area contributed by atoms with Gasteiger partial charge >= 0.3 is 6.18 Å². The average Bonchev–Trinajstić information content (AvgIpc) is 2.74. The molecule has 0 saturated heterocycles. The summed E-state index contributed by atoms with van der Waals surface area (Å²) in [7, 11) is 0. The molecule has 32 heavy (non-hydrogen) atoms. The Labute approximate surface area is 186 Å². The van der Waals surface area contributed by atoms with Crippen LogP contribution in [0.25, 0.3) is 0 Å². The van der Waals surface area contributed by atoms with Gasteiger partial charge in [-0.25, -0.2) is 4.98 Å². The van der Waals surface area contributed by atoms with Crippen molar-refractivity contribution in [2.24, 2.45) is 0 Å². The summed E-state index contributed by atoms with van der Waals surface area (Å²) in [6, 6.07) is 14.4. The van der Waals surface area contributed by atoms with E-state index in [-0.39, 0.29) is 23.8 Å². The van der Waals surface area contributed by atoms with Crippen LogP contribution in [0.1, 0.15) is 51.2 Å². The fourth-order valence-electron chi connectivity index (χ4n) is 2.92. The summed E-state index contributed by atoms with van der Waals surface area (Å²) >= 11 is 0. The SMILES string of the molecule is CCC(C)Oc1ccc(Nc2ncc(C(F)(F)F)c(Nc3cccc(C(C)C)c3)n2)cc1. The van der Waals surface area contributed by atoms with E-state index in [1.807, 2.05) is 39.8 Å². The molecule has 0 fully saturated rings. The number of hydrogen-bond donors (Lipinski definition) is 2. The first-order valence-electron chi connectivity index (χ1n) is 10.5. The number of rotatable bonds is 8. The summed E-state index contributed by atoms with van der Waals surface area (Å²) in [6.07, 6.45) is -2.83. The number of benzene rings is 2. The number of nitrogens with one attached hydrogen (secondary N) is 2. The van der Waals surface area contributed by atoms with E-state index in [0.29, 0.717) is 17.1 Å². The van der Waals surface area contributed by atoms with E-state index < -0.39 is 11.7 Å². The van der Waals surface area contributed by atoms with E-state index in [4.69, 9.17) is 4.74 Å². The third-order valence-electron chi connectivity index (χ3n) is 4.93. The molecule has 0 radical (unpaired) electrons. The first kappa shape index (κ1) is 23.4. The molecule has 0 amide bonds. The van der Waals surface area contributed by atoms with Crippen LogP contribution < -0.4 is 15.4 Å². The molecule has 0 aliphatic rings. The van der Waals surface area contributed by atoms with E-state index >= 15 is 0 Å². The molecule has 1 heterocycles. The van der Waals surface area contributed by atoms with Gasteiger partial charge in [0.25, 0.3) is 0 Å². The van der Waals surface area contributed by atoms with Crippen molar-refractivity contribution < 1.29 is 17.9 Å². The van der Waals surface area contributed by atoms with E-state index in [1.165, 1.54) is 0 Å². The van der Waals surface area contributed by atoms with Crippen LogP contribution in [0.4, 0.5) is 36.3 Å². The second-order valence-corrected chi connectivity index (χ2v) is 7.84. The Kier molecular flexibility index (Phi) is 7.22.